The van der Waals surface area contributed by atoms with Gasteiger partial charge in [-0.15, -0.1) is 0 Å². The minimum atomic E-state index is -0.417. The number of hydrogen-bond acceptors (Lipinski definition) is 6. The standard InChI is InChI=1S/C22H25NO6/c1-26-17-8-7-14-15(11-16(17)24)12(10-19(23)25)5-6-13-9-18(27-2)21(28-3)22(29-4)20(13)14/h7-9,11-12H,5-6,10H2,1-4H3,(H2,23,25)/t12-/m0/s1. The Kier molecular flexibility index (Phi) is 5.96. The van der Waals surface area contributed by atoms with Crippen LogP contribution in [0.3, 0.4) is 0 Å². The third kappa shape index (κ3) is 3.72. The molecule has 1 aliphatic carbocycles. The second kappa shape index (κ2) is 8.43. The Balaban J connectivity index is 2.41. The first-order chi connectivity index (χ1) is 13.9. The quantitative estimate of drug-likeness (QED) is 0.802. The highest BCUT2D eigenvalue weighted by Crippen LogP contribution is 2.50. The predicted octanol–water partition coefficient (Wildman–Crippen LogP) is 2.65. The first-order valence-corrected chi connectivity index (χ1v) is 9.27. The molecule has 0 bridgehead atoms. The van der Waals surface area contributed by atoms with Crippen LogP contribution in [0.4, 0.5) is 0 Å². The zero-order valence-corrected chi connectivity index (χ0v) is 17.0. The van der Waals surface area contributed by atoms with Crippen molar-refractivity contribution < 1.29 is 23.7 Å². The lowest BCUT2D eigenvalue weighted by Gasteiger charge is -2.19. The number of hydrogen-bond donors (Lipinski definition) is 1. The average Bonchev–Trinajstić information content (AvgIpc) is 2.95. The number of benzene rings is 1. The molecule has 2 aromatic carbocycles. The van der Waals surface area contributed by atoms with Crippen LogP contribution in [0.2, 0.25) is 0 Å². The van der Waals surface area contributed by atoms with Gasteiger partial charge in [0.1, 0.15) is 0 Å². The van der Waals surface area contributed by atoms with E-state index in [0.717, 1.165) is 22.3 Å². The number of aryl methyl sites for hydroxylation is 1. The summed E-state index contributed by atoms with van der Waals surface area (Å²) < 4.78 is 22.0. The van der Waals surface area contributed by atoms with E-state index in [1.807, 2.05) is 12.1 Å². The summed E-state index contributed by atoms with van der Waals surface area (Å²) in [6.07, 6.45) is 1.45. The van der Waals surface area contributed by atoms with E-state index >= 15 is 0 Å². The molecule has 0 radical (unpaired) electrons. The molecule has 7 heteroatoms. The van der Waals surface area contributed by atoms with Gasteiger partial charge in [-0.05, 0) is 53.6 Å². The van der Waals surface area contributed by atoms with Crippen molar-refractivity contribution in [2.24, 2.45) is 5.73 Å². The van der Waals surface area contributed by atoms with Crippen molar-refractivity contribution in [3.63, 3.8) is 0 Å². The summed E-state index contributed by atoms with van der Waals surface area (Å²) in [5.41, 5.74) is 8.55. The lowest BCUT2D eigenvalue weighted by atomic mass is 9.90. The molecule has 2 N–H and O–H groups in total. The average molecular weight is 399 g/mol. The van der Waals surface area contributed by atoms with E-state index in [4.69, 9.17) is 24.7 Å². The summed E-state index contributed by atoms with van der Waals surface area (Å²) in [5.74, 6) is 1.13. The van der Waals surface area contributed by atoms with Crippen molar-refractivity contribution in [1.29, 1.82) is 0 Å². The van der Waals surface area contributed by atoms with E-state index in [-0.39, 0.29) is 23.5 Å². The summed E-state index contributed by atoms with van der Waals surface area (Å²) in [5, 5.41) is 0. The summed E-state index contributed by atoms with van der Waals surface area (Å²) in [4.78, 5) is 24.4. The molecule has 0 saturated carbocycles. The van der Waals surface area contributed by atoms with Crippen LogP contribution >= 0.6 is 0 Å². The van der Waals surface area contributed by atoms with Crippen molar-refractivity contribution >= 4 is 5.91 Å². The van der Waals surface area contributed by atoms with Crippen LogP contribution in [-0.2, 0) is 11.2 Å². The van der Waals surface area contributed by atoms with Gasteiger partial charge in [0.05, 0.1) is 28.4 Å². The number of nitrogens with two attached hydrogens (primary N) is 1. The minimum absolute atomic E-state index is 0.142. The zero-order valence-electron chi connectivity index (χ0n) is 17.0. The van der Waals surface area contributed by atoms with E-state index in [0.29, 0.717) is 30.1 Å². The molecule has 1 atom stereocenters. The Morgan fingerprint density at radius 3 is 2.28 bits per heavy atom. The number of rotatable bonds is 6. The second-order valence-electron chi connectivity index (χ2n) is 6.86. The van der Waals surface area contributed by atoms with Gasteiger partial charge < -0.3 is 24.7 Å². The molecule has 29 heavy (non-hydrogen) atoms. The van der Waals surface area contributed by atoms with Gasteiger partial charge in [-0.3, -0.25) is 9.59 Å². The van der Waals surface area contributed by atoms with E-state index in [2.05, 4.69) is 0 Å². The zero-order chi connectivity index (χ0) is 21.1. The second-order valence-corrected chi connectivity index (χ2v) is 6.86. The van der Waals surface area contributed by atoms with Crippen LogP contribution in [0.25, 0.3) is 11.1 Å². The lowest BCUT2D eigenvalue weighted by molar-refractivity contribution is -0.118. The summed E-state index contributed by atoms with van der Waals surface area (Å²) in [6, 6.07) is 6.90. The first-order valence-electron chi connectivity index (χ1n) is 9.27. The van der Waals surface area contributed by atoms with Crippen LogP contribution < -0.4 is 30.1 Å². The highest BCUT2D eigenvalue weighted by atomic mass is 16.5. The maximum atomic E-state index is 12.6. The van der Waals surface area contributed by atoms with E-state index in [1.165, 1.54) is 13.2 Å². The normalized spacial score (nSPS) is 14.8. The van der Waals surface area contributed by atoms with Crippen molar-refractivity contribution in [2.75, 3.05) is 28.4 Å². The molecule has 3 rings (SSSR count). The fourth-order valence-electron chi connectivity index (χ4n) is 4.00. The number of methoxy groups -OCH3 is 4. The fourth-order valence-corrected chi connectivity index (χ4v) is 4.00. The van der Waals surface area contributed by atoms with E-state index in [1.54, 1.807) is 27.4 Å². The van der Waals surface area contributed by atoms with Gasteiger partial charge in [0.25, 0.3) is 0 Å². The van der Waals surface area contributed by atoms with E-state index in [9.17, 15) is 9.59 Å². The van der Waals surface area contributed by atoms with Crippen LogP contribution in [0, 0.1) is 0 Å². The van der Waals surface area contributed by atoms with Gasteiger partial charge in [-0.1, -0.05) is 6.07 Å². The highest BCUT2D eigenvalue weighted by Gasteiger charge is 2.29. The topological polar surface area (TPSA) is 97.1 Å². The molecular formula is C22H25NO6. The van der Waals surface area contributed by atoms with Gasteiger partial charge in [0, 0.05) is 12.0 Å². The predicted molar refractivity (Wildman–Crippen MR) is 109 cm³/mol. The molecule has 0 aromatic heterocycles. The SMILES string of the molecule is COc1cc2c(c(OC)c1OC)-c1ccc(OC)c(=O)cc1[C@H](CC(N)=O)CC2. The largest absolute Gasteiger partial charge is 0.493 e. The Hall–Kier alpha value is -3.22. The third-order valence-electron chi connectivity index (χ3n) is 5.29. The number of amides is 1. The molecule has 2 aromatic rings. The molecule has 1 amide bonds. The summed E-state index contributed by atoms with van der Waals surface area (Å²) >= 11 is 0. The van der Waals surface area contributed by atoms with Crippen molar-refractivity contribution in [2.45, 2.75) is 25.2 Å². The fraction of sp³-hybridized carbons (Fsp3) is 0.364. The molecule has 7 nitrogen and oxygen atoms in total. The molecule has 0 heterocycles. The third-order valence-corrected chi connectivity index (χ3v) is 5.29. The van der Waals surface area contributed by atoms with Crippen LogP contribution in [0.5, 0.6) is 23.0 Å². The molecule has 0 aliphatic heterocycles. The van der Waals surface area contributed by atoms with Crippen LogP contribution in [0.1, 0.15) is 29.9 Å². The molecule has 0 saturated heterocycles. The number of primary amides is 1. The van der Waals surface area contributed by atoms with E-state index < -0.39 is 5.91 Å². The van der Waals surface area contributed by atoms with Crippen LogP contribution in [-0.4, -0.2) is 34.3 Å². The summed E-state index contributed by atoms with van der Waals surface area (Å²) in [6.45, 7) is 0. The number of fused-ring (bicyclic) bond motifs is 3. The smallest absolute Gasteiger partial charge is 0.220 e. The van der Waals surface area contributed by atoms with Crippen LogP contribution in [0.15, 0.2) is 29.1 Å². The highest BCUT2D eigenvalue weighted by molar-refractivity contribution is 5.83. The maximum absolute atomic E-state index is 12.6. The molecule has 0 spiro atoms. The Bertz CT molecular complexity index is 1000. The van der Waals surface area contributed by atoms with Crippen molar-refractivity contribution in [1.82, 2.24) is 0 Å². The number of ether oxygens (including phenoxy) is 4. The first kappa shape index (κ1) is 20.5. The Labute approximate surface area is 169 Å². The maximum Gasteiger partial charge on any atom is 0.220 e. The van der Waals surface area contributed by atoms with Gasteiger partial charge in [0.15, 0.2) is 17.2 Å². The monoisotopic (exact) mass is 399 g/mol. The number of carbonyl (C=O) groups excluding carboxylic acids is 1. The molecular weight excluding hydrogens is 374 g/mol. The van der Waals surface area contributed by atoms with Gasteiger partial charge in [-0.25, -0.2) is 0 Å². The minimum Gasteiger partial charge on any atom is -0.493 e. The summed E-state index contributed by atoms with van der Waals surface area (Å²) in [7, 11) is 6.12. The molecule has 154 valence electrons. The van der Waals surface area contributed by atoms with Gasteiger partial charge in [-0.2, -0.15) is 0 Å². The Morgan fingerprint density at radius 2 is 1.69 bits per heavy atom. The van der Waals surface area contributed by atoms with Gasteiger partial charge >= 0.3 is 0 Å². The molecule has 0 unspecified atom stereocenters. The van der Waals surface area contributed by atoms with Gasteiger partial charge in [0.2, 0.25) is 17.1 Å². The molecule has 1 aliphatic rings. The Morgan fingerprint density at radius 1 is 1.00 bits per heavy atom. The molecule has 0 fully saturated rings. The van der Waals surface area contributed by atoms with Crippen molar-refractivity contribution in [3.05, 3.63) is 45.6 Å². The van der Waals surface area contributed by atoms with Crippen molar-refractivity contribution in [3.8, 4) is 34.1 Å². The lowest BCUT2D eigenvalue weighted by Crippen LogP contribution is -2.16. The number of carbonyl (C=O) groups is 1.